The molecular weight excluding hydrogens is 293 g/mol. The van der Waals surface area contributed by atoms with E-state index in [1.165, 1.54) is 19.3 Å². The van der Waals surface area contributed by atoms with Crippen LogP contribution in [0.1, 0.15) is 38.2 Å². The molecule has 0 spiro atoms. The van der Waals surface area contributed by atoms with Gasteiger partial charge < -0.3 is 5.32 Å². The maximum Gasteiger partial charge on any atom is 0.127 e. The van der Waals surface area contributed by atoms with Gasteiger partial charge >= 0.3 is 0 Å². The molecule has 0 aromatic heterocycles. The Morgan fingerprint density at radius 3 is 2.83 bits per heavy atom. The molecule has 0 amide bonds. The molecular formula is C15H21BrFN. The Labute approximate surface area is 117 Å². The maximum absolute atomic E-state index is 13.8. The number of halogens is 2. The van der Waals surface area contributed by atoms with Gasteiger partial charge in [-0.2, -0.15) is 0 Å². The second-order valence-corrected chi connectivity index (χ2v) is 6.19. The molecule has 3 heteroatoms. The molecule has 0 saturated heterocycles. The Morgan fingerprint density at radius 1 is 1.44 bits per heavy atom. The summed E-state index contributed by atoms with van der Waals surface area (Å²) in [7, 11) is 0. The molecule has 0 bridgehead atoms. The van der Waals surface area contributed by atoms with Gasteiger partial charge in [0.15, 0.2) is 0 Å². The fraction of sp³-hybridized carbons (Fsp3) is 0.600. The first-order valence-electron chi connectivity index (χ1n) is 6.86. The van der Waals surface area contributed by atoms with Crippen molar-refractivity contribution in [3.8, 4) is 0 Å². The standard InChI is InChI=1S/C15H21BrFN/c1-2-7-18-14(8-11-3-4-11)9-12-5-6-13(16)10-15(12)17/h5-6,10-11,14,18H,2-4,7-9H2,1H3. The van der Waals surface area contributed by atoms with Gasteiger partial charge in [-0.15, -0.1) is 0 Å². The van der Waals surface area contributed by atoms with Crippen LogP contribution >= 0.6 is 15.9 Å². The second-order valence-electron chi connectivity index (χ2n) is 5.27. The van der Waals surface area contributed by atoms with E-state index in [9.17, 15) is 4.39 Å². The lowest BCUT2D eigenvalue weighted by Crippen LogP contribution is -2.32. The van der Waals surface area contributed by atoms with E-state index < -0.39 is 0 Å². The minimum Gasteiger partial charge on any atom is -0.314 e. The Balaban J connectivity index is 1.96. The van der Waals surface area contributed by atoms with E-state index in [4.69, 9.17) is 0 Å². The lowest BCUT2D eigenvalue weighted by Gasteiger charge is -2.18. The molecule has 18 heavy (non-hydrogen) atoms. The molecule has 100 valence electrons. The van der Waals surface area contributed by atoms with Gasteiger partial charge in [-0.3, -0.25) is 0 Å². The van der Waals surface area contributed by atoms with Crippen LogP contribution in [0.25, 0.3) is 0 Å². The summed E-state index contributed by atoms with van der Waals surface area (Å²) in [5.74, 6) is 0.779. The molecule has 1 unspecified atom stereocenters. The van der Waals surface area contributed by atoms with Gasteiger partial charge in [-0.25, -0.2) is 4.39 Å². The number of nitrogens with one attached hydrogen (secondary N) is 1. The summed E-state index contributed by atoms with van der Waals surface area (Å²) in [6, 6.07) is 5.80. The highest BCUT2D eigenvalue weighted by atomic mass is 79.9. The fourth-order valence-corrected chi connectivity index (χ4v) is 2.63. The monoisotopic (exact) mass is 313 g/mol. The quantitative estimate of drug-likeness (QED) is 0.791. The molecule has 0 aliphatic heterocycles. The Bertz CT molecular complexity index is 390. The van der Waals surface area contributed by atoms with Crippen LogP contribution < -0.4 is 5.32 Å². The molecule has 1 N–H and O–H groups in total. The summed E-state index contributed by atoms with van der Waals surface area (Å²) in [6.07, 6.45) is 5.83. The van der Waals surface area contributed by atoms with Gasteiger partial charge in [0, 0.05) is 10.5 Å². The minimum absolute atomic E-state index is 0.0940. The van der Waals surface area contributed by atoms with Crippen molar-refractivity contribution in [3.05, 3.63) is 34.1 Å². The predicted molar refractivity (Wildman–Crippen MR) is 77.2 cm³/mol. The Morgan fingerprint density at radius 2 is 2.22 bits per heavy atom. The number of hydrogen-bond donors (Lipinski definition) is 1. The minimum atomic E-state index is -0.0940. The Hall–Kier alpha value is -0.410. The molecule has 1 saturated carbocycles. The number of benzene rings is 1. The predicted octanol–water partition coefficient (Wildman–Crippen LogP) is 4.30. The van der Waals surface area contributed by atoms with Crippen molar-refractivity contribution in [1.82, 2.24) is 5.32 Å². The van der Waals surface area contributed by atoms with Crippen LogP contribution in [-0.2, 0) is 6.42 Å². The smallest absolute Gasteiger partial charge is 0.127 e. The van der Waals surface area contributed by atoms with Crippen molar-refractivity contribution in [2.45, 2.75) is 45.1 Å². The van der Waals surface area contributed by atoms with E-state index in [1.54, 1.807) is 6.07 Å². The third kappa shape index (κ3) is 4.36. The van der Waals surface area contributed by atoms with Crippen molar-refractivity contribution in [1.29, 1.82) is 0 Å². The van der Waals surface area contributed by atoms with E-state index in [-0.39, 0.29) is 5.82 Å². The summed E-state index contributed by atoms with van der Waals surface area (Å²) in [4.78, 5) is 0. The molecule has 1 aliphatic carbocycles. The summed E-state index contributed by atoms with van der Waals surface area (Å²) in [5, 5.41) is 3.55. The highest BCUT2D eigenvalue weighted by Gasteiger charge is 2.25. The Kier molecular flexibility index (Phi) is 5.19. The molecule has 0 radical (unpaired) electrons. The van der Waals surface area contributed by atoms with Gasteiger partial charge in [0.05, 0.1) is 0 Å². The fourth-order valence-electron chi connectivity index (χ4n) is 2.30. The topological polar surface area (TPSA) is 12.0 Å². The first kappa shape index (κ1) is 14.0. The highest BCUT2D eigenvalue weighted by Crippen LogP contribution is 2.34. The number of rotatable bonds is 7. The maximum atomic E-state index is 13.8. The molecule has 1 aromatic rings. The van der Waals surface area contributed by atoms with Crippen LogP contribution in [0.15, 0.2) is 22.7 Å². The third-order valence-corrected chi connectivity index (χ3v) is 3.97. The molecule has 1 nitrogen and oxygen atoms in total. The zero-order valence-electron chi connectivity index (χ0n) is 10.9. The van der Waals surface area contributed by atoms with Crippen molar-refractivity contribution >= 4 is 15.9 Å². The summed E-state index contributed by atoms with van der Waals surface area (Å²) >= 11 is 3.30. The van der Waals surface area contributed by atoms with E-state index in [2.05, 4.69) is 28.2 Å². The van der Waals surface area contributed by atoms with Crippen molar-refractivity contribution in [2.24, 2.45) is 5.92 Å². The molecule has 1 fully saturated rings. The van der Waals surface area contributed by atoms with Crippen LogP contribution in [0.5, 0.6) is 0 Å². The van der Waals surface area contributed by atoms with E-state index in [0.717, 1.165) is 35.3 Å². The lowest BCUT2D eigenvalue weighted by molar-refractivity contribution is 0.447. The van der Waals surface area contributed by atoms with E-state index in [1.807, 2.05) is 12.1 Å². The normalized spacial score (nSPS) is 16.8. The van der Waals surface area contributed by atoms with Gasteiger partial charge in [0.2, 0.25) is 0 Å². The van der Waals surface area contributed by atoms with Crippen molar-refractivity contribution in [2.75, 3.05) is 6.54 Å². The van der Waals surface area contributed by atoms with Crippen LogP contribution in [0.3, 0.4) is 0 Å². The molecule has 2 rings (SSSR count). The third-order valence-electron chi connectivity index (χ3n) is 3.48. The zero-order valence-corrected chi connectivity index (χ0v) is 12.5. The van der Waals surface area contributed by atoms with Crippen LogP contribution in [-0.4, -0.2) is 12.6 Å². The molecule has 1 aliphatic rings. The van der Waals surface area contributed by atoms with E-state index >= 15 is 0 Å². The molecule has 1 aromatic carbocycles. The van der Waals surface area contributed by atoms with Gasteiger partial charge in [-0.1, -0.05) is 41.8 Å². The molecule has 0 heterocycles. The van der Waals surface area contributed by atoms with Crippen LogP contribution in [0.4, 0.5) is 4.39 Å². The lowest BCUT2D eigenvalue weighted by atomic mass is 10.0. The molecule has 1 atom stereocenters. The van der Waals surface area contributed by atoms with Crippen LogP contribution in [0, 0.1) is 11.7 Å². The average Bonchev–Trinajstić information content (AvgIpc) is 3.13. The van der Waals surface area contributed by atoms with Gasteiger partial charge in [0.25, 0.3) is 0 Å². The second kappa shape index (κ2) is 6.67. The van der Waals surface area contributed by atoms with Crippen LogP contribution in [0.2, 0.25) is 0 Å². The summed E-state index contributed by atoms with van der Waals surface area (Å²) in [6.45, 7) is 3.19. The zero-order chi connectivity index (χ0) is 13.0. The van der Waals surface area contributed by atoms with E-state index in [0.29, 0.717) is 6.04 Å². The first-order valence-corrected chi connectivity index (χ1v) is 7.65. The number of hydrogen-bond acceptors (Lipinski definition) is 1. The van der Waals surface area contributed by atoms with Gasteiger partial charge in [-0.05, 0) is 49.4 Å². The van der Waals surface area contributed by atoms with Crippen molar-refractivity contribution < 1.29 is 4.39 Å². The largest absolute Gasteiger partial charge is 0.314 e. The first-order chi connectivity index (χ1) is 8.69. The van der Waals surface area contributed by atoms with Gasteiger partial charge in [0.1, 0.15) is 5.82 Å². The van der Waals surface area contributed by atoms with Crippen molar-refractivity contribution in [3.63, 3.8) is 0 Å². The highest BCUT2D eigenvalue weighted by molar-refractivity contribution is 9.10. The average molecular weight is 314 g/mol. The SMILES string of the molecule is CCCNC(Cc1ccc(Br)cc1F)CC1CC1. The summed E-state index contributed by atoms with van der Waals surface area (Å²) in [5.41, 5.74) is 0.826. The summed E-state index contributed by atoms with van der Waals surface area (Å²) < 4.78 is 14.6.